The minimum atomic E-state index is -0.0178. The first-order valence-corrected chi connectivity index (χ1v) is 12.0. The highest BCUT2D eigenvalue weighted by Gasteiger charge is 2.25. The van der Waals surface area contributed by atoms with Crippen LogP contribution in [0.25, 0.3) is 11.0 Å². The summed E-state index contributed by atoms with van der Waals surface area (Å²) in [5, 5.41) is 2.80. The lowest BCUT2D eigenvalue weighted by atomic mass is 9.94. The van der Waals surface area contributed by atoms with Crippen molar-refractivity contribution in [3.05, 3.63) is 36.3 Å². The lowest BCUT2D eigenvalue weighted by molar-refractivity contribution is -0.120. The molecule has 1 aliphatic heterocycles. The van der Waals surface area contributed by atoms with E-state index in [1.807, 2.05) is 30.6 Å². The lowest BCUT2D eigenvalue weighted by Crippen LogP contribution is -2.25. The van der Waals surface area contributed by atoms with Gasteiger partial charge in [0.05, 0.1) is 11.0 Å². The van der Waals surface area contributed by atoms with Gasteiger partial charge in [-0.1, -0.05) is 26.8 Å². The summed E-state index contributed by atoms with van der Waals surface area (Å²) in [7, 11) is 1.99. The highest BCUT2D eigenvalue weighted by Crippen LogP contribution is 2.32. The molecule has 1 amide bonds. The Kier molecular flexibility index (Phi) is 8.06. The second-order valence-corrected chi connectivity index (χ2v) is 10.4. The minimum Gasteiger partial charge on any atom is -0.381 e. The minimum absolute atomic E-state index is 0.0178. The van der Waals surface area contributed by atoms with Crippen LogP contribution in [0.2, 0.25) is 0 Å². The number of imidazole rings is 1. The fraction of sp³-hybridized carbons (Fsp3) is 0.583. The van der Waals surface area contributed by atoms with Gasteiger partial charge in [0.15, 0.2) is 0 Å². The summed E-state index contributed by atoms with van der Waals surface area (Å²) in [6, 6.07) is 6.53. The fourth-order valence-corrected chi connectivity index (χ4v) is 4.66. The Hall–Kier alpha value is -1.99. The lowest BCUT2D eigenvalue weighted by Gasteiger charge is -2.26. The number of rotatable bonds is 8. The van der Waals surface area contributed by atoms with Crippen molar-refractivity contribution in [3.63, 3.8) is 0 Å². The summed E-state index contributed by atoms with van der Waals surface area (Å²) >= 11 is 1.63. The molecule has 0 unspecified atom stereocenters. The third kappa shape index (κ3) is 6.50. The van der Waals surface area contributed by atoms with Crippen molar-refractivity contribution in [2.24, 2.45) is 5.92 Å². The largest absolute Gasteiger partial charge is 0.381 e. The third-order valence-corrected chi connectivity index (χ3v) is 6.29. The first-order valence-electron chi connectivity index (χ1n) is 11.2. The molecular weight excluding hydrogens is 408 g/mol. The van der Waals surface area contributed by atoms with Gasteiger partial charge in [0, 0.05) is 56.3 Å². The average Bonchev–Trinajstić information content (AvgIpc) is 3.07. The average molecular weight is 445 g/mol. The molecule has 170 valence electrons. The van der Waals surface area contributed by atoms with Crippen LogP contribution >= 0.6 is 11.9 Å². The first-order chi connectivity index (χ1) is 14.8. The number of aromatic nitrogens is 2. The molecule has 2 aromatic rings. The van der Waals surface area contributed by atoms with Gasteiger partial charge in [0.1, 0.15) is 5.82 Å². The van der Waals surface area contributed by atoms with Gasteiger partial charge < -0.3 is 18.9 Å². The van der Waals surface area contributed by atoms with E-state index >= 15 is 0 Å². The number of benzene rings is 1. The second kappa shape index (κ2) is 10.6. The van der Waals surface area contributed by atoms with Crippen molar-refractivity contribution < 1.29 is 9.53 Å². The molecule has 0 aliphatic carbocycles. The number of hydrogen-bond donors (Lipinski definition) is 1. The molecule has 1 saturated heterocycles. The van der Waals surface area contributed by atoms with Gasteiger partial charge in [0.2, 0.25) is 5.91 Å². The molecule has 0 spiro atoms. The van der Waals surface area contributed by atoms with Crippen LogP contribution in [0.15, 0.2) is 35.4 Å². The van der Waals surface area contributed by atoms with E-state index in [4.69, 9.17) is 9.72 Å². The molecule has 3 rings (SSSR count). The molecule has 1 aromatic heterocycles. The summed E-state index contributed by atoms with van der Waals surface area (Å²) < 4.78 is 9.99. The third-order valence-electron chi connectivity index (χ3n) is 5.41. The van der Waals surface area contributed by atoms with E-state index in [1.54, 1.807) is 11.9 Å². The van der Waals surface area contributed by atoms with E-state index in [0.29, 0.717) is 18.9 Å². The van der Waals surface area contributed by atoms with E-state index in [-0.39, 0.29) is 11.3 Å². The molecule has 7 heteroatoms. The van der Waals surface area contributed by atoms with Crippen LogP contribution in [0.5, 0.6) is 0 Å². The van der Waals surface area contributed by atoms with Gasteiger partial charge >= 0.3 is 0 Å². The van der Waals surface area contributed by atoms with Crippen molar-refractivity contribution in [2.45, 2.75) is 63.8 Å². The monoisotopic (exact) mass is 444 g/mol. The number of fused-ring (bicyclic) bond motifs is 1. The molecule has 31 heavy (non-hydrogen) atoms. The van der Waals surface area contributed by atoms with Crippen molar-refractivity contribution in [1.29, 1.82) is 0 Å². The Labute approximate surface area is 190 Å². The maximum atomic E-state index is 11.6. The Bertz CT molecular complexity index is 910. The molecule has 1 aromatic carbocycles. The molecule has 0 atom stereocenters. The predicted octanol–water partition coefficient (Wildman–Crippen LogP) is 4.74. The predicted molar refractivity (Wildman–Crippen MR) is 128 cm³/mol. The Morgan fingerprint density at radius 1 is 1.35 bits per heavy atom. The molecule has 1 fully saturated rings. The molecule has 1 aliphatic rings. The number of nitrogens with one attached hydrogen (secondary N) is 1. The van der Waals surface area contributed by atoms with E-state index in [2.05, 4.69) is 48.9 Å². The molecule has 0 saturated carbocycles. The number of amides is 1. The van der Waals surface area contributed by atoms with Crippen LogP contribution in [0.1, 0.15) is 52.8 Å². The summed E-state index contributed by atoms with van der Waals surface area (Å²) in [5.41, 5.74) is 2.23. The Morgan fingerprint density at radius 3 is 2.77 bits per heavy atom. The van der Waals surface area contributed by atoms with Crippen molar-refractivity contribution in [1.82, 2.24) is 19.2 Å². The molecule has 0 radical (unpaired) electrons. The van der Waals surface area contributed by atoms with Crippen LogP contribution < -0.4 is 5.32 Å². The van der Waals surface area contributed by atoms with E-state index in [1.165, 1.54) is 5.52 Å². The molecular formula is C24H36N4O2S. The number of carbonyl (C=O) groups is 1. The van der Waals surface area contributed by atoms with Crippen LogP contribution in [0, 0.1) is 5.92 Å². The van der Waals surface area contributed by atoms with Gasteiger partial charge in [-0.05, 0) is 55.8 Å². The van der Waals surface area contributed by atoms with Gasteiger partial charge in [-0.25, -0.2) is 4.98 Å². The van der Waals surface area contributed by atoms with Gasteiger partial charge in [0.25, 0.3) is 0 Å². The van der Waals surface area contributed by atoms with Gasteiger partial charge in [-0.3, -0.25) is 4.79 Å². The standard InChI is InChI=1S/C24H36N4O2S/c1-6-25-22(29)8-7-13-27(5)31-19-9-10-21-20(16-19)26-23(24(2,3)4)28(21)17-18-11-14-30-15-12-18/h7,9-10,13,16,18H,6,8,11-12,14-15,17H2,1-5H3,(H,25,29)/b13-7-. The maximum Gasteiger partial charge on any atom is 0.223 e. The van der Waals surface area contributed by atoms with Gasteiger partial charge in [-0.2, -0.15) is 0 Å². The SMILES string of the molecule is CCNC(=O)C/C=C\N(C)Sc1ccc2c(c1)nc(C(C)(C)C)n2CC1CCOCC1. The van der Waals surface area contributed by atoms with Crippen molar-refractivity contribution in [3.8, 4) is 0 Å². The first kappa shape index (κ1) is 23.7. The fourth-order valence-electron chi connectivity index (χ4n) is 3.89. The topological polar surface area (TPSA) is 59.4 Å². The number of hydrogen-bond acceptors (Lipinski definition) is 5. The van der Waals surface area contributed by atoms with Crippen LogP contribution in [0.3, 0.4) is 0 Å². The summed E-state index contributed by atoms with van der Waals surface area (Å²) in [6.45, 7) is 12.0. The Balaban J connectivity index is 1.77. The number of ether oxygens (including phenoxy) is 1. The highest BCUT2D eigenvalue weighted by molar-refractivity contribution is 7.97. The van der Waals surface area contributed by atoms with E-state index in [9.17, 15) is 4.79 Å². The molecule has 6 nitrogen and oxygen atoms in total. The summed E-state index contributed by atoms with van der Waals surface area (Å²) in [6.07, 6.45) is 6.45. The van der Waals surface area contributed by atoms with Crippen molar-refractivity contribution >= 4 is 28.9 Å². The maximum absolute atomic E-state index is 11.6. The zero-order chi connectivity index (χ0) is 22.4. The number of carbonyl (C=O) groups excluding carboxylic acids is 1. The van der Waals surface area contributed by atoms with Gasteiger partial charge in [-0.15, -0.1) is 0 Å². The molecule has 1 N–H and O–H groups in total. The van der Waals surface area contributed by atoms with Crippen molar-refractivity contribution in [2.75, 3.05) is 26.8 Å². The summed E-state index contributed by atoms with van der Waals surface area (Å²) in [5.74, 6) is 1.83. The number of nitrogens with zero attached hydrogens (tertiary/aromatic N) is 3. The Morgan fingerprint density at radius 2 is 2.10 bits per heavy atom. The highest BCUT2D eigenvalue weighted by atomic mass is 32.2. The van der Waals surface area contributed by atoms with E-state index < -0.39 is 0 Å². The second-order valence-electron chi connectivity index (χ2n) is 9.18. The zero-order valence-corrected chi connectivity index (χ0v) is 20.3. The summed E-state index contributed by atoms with van der Waals surface area (Å²) in [4.78, 5) is 17.8. The van der Waals surface area contributed by atoms with Crippen LogP contribution in [-0.2, 0) is 21.5 Å². The van der Waals surface area contributed by atoms with E-state index in [0.717, 1.165) is 48.8 Å². The zero-order valence-electron chi connectivity index (χ0n) is 19.5. The molecule has 0 bridgehead atoms. The van der Waals surface area contributed by atoms with Crippen LogP contribution in [-0.4, -0.2) is 46.6 Å². The smallest absolute Gasteiger partial charge is 0.223 e. The quantitative estimate of drug-likeness (QED) is 0.596. The normalized spacial score (nSPS) is 15.6. The molecule has 2 heterocycles. The van der Waals surface area contributed by atoms with Crippen LogP contribution in [0.4, 0.5) is 0 Å².